The number of hydrogen-bond donors (Lipinski definition) is 2. The fraction of sp³-hybridized carbons (Fsp3) is 0.182. The first-order valence-corrected chi connectivity index (χ1v) is 11.6. The molecule has 162 valence electrons. The Bertz CT molecular complexity index is 1240. The third kappa shape index (κ3) is 4.66. The summed E-state index contributed by atoms with van der Waals surface area (Å²) in [5.74, 6) is -0.0762. The van der Waals surface area contributed by atoms with Crippen LogP contribution < -0.4 is 10.5 Å². The van der Waals surface area contributed by atoms with E-state index in [1.165, 1.54) is 18.3 Å². The summed E-state index contributed by atoms with van der Waals surface area (Å²) in [7, 11) is 1.84. The Balaban J connectivity index is 0.00000132. The normalized spacial score (nSPS) is 10.7. The number of aromatic nitrogens is 3. The molecule has 4 aromatic rings. The Morgan fingerprint density at radius 3 is 2.68 bits per heavy atom. The second-order valence-electron chi connectivity index (χ2n) is 6.54. The second kappa shape index (κ2) is 9.89. The molecule has 0 amide bonds. The number of fused-ring (bicyclic) bond motifs is 1. The summed E-state index contributed by atoms with van der Waals surface area (Å²) in [4.78, 5) is 9.10. The lowest BCUT2D eigenvalue weighted by Crippen LogP contribution is -1.96. The van der Waals surface area contributed by atoms with Crippen LogP contribution in [0.4, 0.5) is 15.9 Å². The molecule has 0 saturated carbocycles. The number of nitrogens with two attached hydrogens (primary N) is 1. The summed E-state index contributed by atoms with van der Waals surface area (Å²) in [6.07, 6.45) is 3.20. The van der Waals surface area contributed by atoms with Gasteiger partial charge in [0.15, 0.2) is 5.82 Å². The fourth-order valence-electron chi connectivity index (χ4n) is 3.13. The van der Waals surface area contributed by atoms with E-state index in [0.717, 1.165) is 14.9 Å². The Morgan fingerprint density at radius 1 is 1.19 bits per heavy atom. The largest absolute Gasteiger partial charge is 0.383 e. The van der Waals surface area contributed by atoms with E-state index in [0.29, 0.717) is 38.7 Å². The molecule has 2 aromatic heterocycles. The van der Waals surface area contributed by atoms with Gasteiger partial charge in [0.05, 0.1) is 16.1 Å². The highest BCUT2D eigenvalue weighted by Crippen LogP contribution is 2.38. The third-order valence-corrected chi connectivity index (χ3v) is 6.72. The monoisotopic (exact) mass is 521 g/mol. The highest BCUT2D eigenvalue weighted by atomic mass is 79.9. The van der Waals surface area contributed by atoms with Crippen LogP contribution in [-0.4, -0.2) is 14.5 Å². The average molecular weight is 523 g/mol. The van der Waals surface area contributed by atoms with Gasteiger partial charge in [-0.3, -0.25) is 0 Å². The summed E-state index contributed by atoms with van der Waals surface area (Å²) >= 11 is 11.0. The van der Waals surface area contributed by atoms with E-state index in [1.807, 2.05) is 40.0 Å². The SMILES string of the molecule is CC.Cc1cc(Br)c(Cl)c(SNc2cccc(-c3cn(C)c4ncnc(N)c34)c2F)c1. The minimum Gasteiger partial charge on any atom is -0.383 e. The van der Waals surface area contributed by atoms with Gasteiger partial charge in [-0.1, -0.05) is 37.6 Å². The molecule has 0 aliphatic carbocycles. The van der Waals surface area contributed by atoms with Crippen molar-refractivity contribution in [3.8, 4) is 11.1 Å². The molecule has 2 heterocycles. The van der Waals surface area contributed by atoms with Crippen LogP contribution in [0.1, 0.15) is 19.4 Å². The van der Waals surface area contributed by atoms with Crippen molar-refractivity contribution in [3.63, 3.8) is 0 Å². The van der Waals surface area contributed by atoms with Gasteiger partial charge in [-0.15, -0.1) is 0 Å². The van der Waals surface area contributed by atoms with Crippen molar-refractivity contribution in [2.75, 3.05) is 10.5 Å². The number of nitrogen functional groups attached to an aromatic ring is 1. The highest BCUT2D eigenvalue weighted by Gasteiger charge is 2.18. The molecule has 0 radical (unpaired) electrons. The van der Waals surface area contributed by atoms with E-state index in [4.69, 9.17) is 17.3 Å². The maximum absolute atomic E-state index is 15.4. The Morgan fingerprint density at radius 2 is 1.94 bits per heavy atom. The van der Waals surface area contributed by atoms with Crippen LogP contribution in [0, 0.1) is 12.7 Å². The number of nitrogens with one attached hydrogen (secondary N) is 1. The molecule has 0 unspecified atom stereocenters. The molecule has 0 fully saturated rings. The first-order valence-electron chi connectivity index (χ1n) is 9.59. The topological polar surface area (TPSA) is 68.8 Å². The molecule has 4 rings (SSSR count). The predicted molar refractivity (Wildman–Crippen MR) is 133 cm³/mol. The summed E-state index contributed by atoms with van der Waals surface area (Å²) in [5.41, 5.74) is 9.15. The number of nitrogens with zero attached hydrogens (tertiary/aromatic N) is 3. The standard InChI is InChI=1S/C20H16BrClFN5S.C2H6/c1-10-6-13(21)17(22)15(7-10)29-27-14-5-3-4-11(18(14)23)12-8-28(2)20-16(12)19(24)25-9-26-20;1-2/h3-9,27H,1-2H3,(H2,24,25,26);1-2H3. The van der Waals surface area contributed by atoms with E-state index < -0.39 is 5.82 Å². The maximum Gasteiger partial charge on any atom is 0.155 e. The smallest absolute Gasteiger partial charge is 0.155 e. The van der Waals surface area contributed by atoms with Gasteiger partial charge in [0.25, 0.3) is 0 Å². The van der Waals surface area contributed by atoms with Gasteiger partial charge in [0, 0.05) is 33.7 Å². The summed E-state index contributed by atoms with van der Waals surface area (Å²) in [6.45, 7) is 5.97. The van der Waals surface area contributed by atoms with Crippen molar-refractivity contribution in [1.82, 2.24) is 14.5 Å². The van der Waals surface area contributed by atoms with Gasteiger partial charge in [0.2, 0.25) is 0 Å². The van der Waals surface area contributed by atoms with Crippen LogP contribution in [-0.2, 0) is 7.05 Å². The molecule has 31 heavy (non-hydrogen) atoms. The van der Waals surface area contributed by atoms with E-state index in [9.17, 15) is 0 Å². The van der Waals surface area contributed by atoms with Crippen molar-refractivity contribution >= 4 is 62.0 Å². The number of anilines is 2. The van der Waals surface area contributed by atoms with E-state index >= 15 is 4.39 Å². The van der Waals surface area contributed by atoms with Gasteiger partial charge in [-0.25, -0.2) is 14.4 Å². The lowest BCUT2D eigenvalue weighted by molar-refractivity contribution is 0.636. The van der Waals surface area contributed by atoms with E-state index in [-0.39, 0.29) is 0 Å². The van der Waals surface area contributed by atoms with Crippen molar-refractivity contribution in [3.05, 3.63) is 63.7 Å². The lowest BCUT2D eigenvalue weighted by Gasteiger charge is -2.12. The van der Waals surface area contributed by atoms with Crippen molar-refractivity contribution in [1.29, 1.82) is 0 Å². The molecular weight excluding hydrogens is 501 g/mol. The zero-order valence-electron chi connectivity index (χ0n) is 17.5. The van der Waals surface area contributed by atoms with Gasteiger partial charge >= 0.3 is 0 Å². The van der Waals surface area contributed by atoms with Crippen molar-refractivity contribution < 1.29 is 4.39 Å². The molecule has 5 nitrogen and oxygen atoms in total. The third-order valence-electron chi connectivity index (χ3n) is 4.48. The molecular formula is C22H22BrClFN5S. The minimum absolute atomic E-state index is 0.314. The van der Waals surface area contributed by atoms with Gasteiger partial charge in [0.1, 0.15) is 17.8 Å². The van der Waals surface area contributed by atoms with Crippen LogP contribution in [0.3, 0.4) is 0 Å². The molecule has 0 bridgehead atoms. The Hall–Kier alpha value is -2.29. The van der Waals surface area contributed by atoms with Crippen LogP contribution in [0.25, 0.3) is 22.2 Å². The molecule has 3 N–H and O–H groups in total. The fourth-order valence-corrected chi connectivity index (χ4v) is 4.89. The Kier molecular flexibility index (Phi) is 7.46. The molecule has 0 saturated heterocycles. The molecule has 0 aliphatic rings. The zero-order chi connectivity index (χ0) is 22.7. The predicted octanol–water partition coefficient (Wildman–Crippen LogP) is 7.23. The van der Waals surface area contributed by atoms with Crippen LogP contribution in [0.2, 0.25) is 5.02 Å². The van der Waals surface area contributed by atoms with E-state index in [1.54, 1.807) is 29.0 Å². The molecule has 0 spiro atoms. The summed E-state index contributed by atoms with van der Waals surface area (Å²) in [6, 6.07) is 9.04. The average Bonchev–Trinajstić information content (AvgIpc) is 3.09. The molecule has 2 aromatic carbocycles. The lowest BCUT2D eigenvalue weighted by atomic mass is 10.0. The first kappa shape index (κ1) is 23.4. The van der Waals surface area contributed by atoms with Crippen LogP contribution in [0.5, 0.6) is 0 Å². The molecule has 0 atom stereocenters. The van der Waals surface area contributed by atoms with Gasteiger partial charge in [-0.2, -0.15) is 0 Å². The number of halogens is 3. The van der Waals surface area contributed by atoms with Crippen LogP contribution >= 0.6 is 39.5 Å². The number of hydrogen-bond acceptors (Lipinski definition) is 5. The van der Waals surface area contributed by atoms with Gasteiger partial charge < -0.3 is 15.0 Å². The van der Waals surface area contributed by atoms with Crippen LogP contribution in [0.15, 0.2) is 52.2 Å². The summed E-state index contributed by atoms with van der Waals surface area (Å²) < 4.78 is 21.1. The zero-order valence-corrected chi connectivity index (χ0v) is 20.7. The molecule has 0 aliphatic heterocycles. The van der Waals surface area contributed by atoms with E-state index in [2.05, 4.69) is 30.6 Å². The minimum atomic E-state index is -0.390. The quantitative estimate of drug-likeness (QED) is 0.277. The maximum atomic E-state index is 15.4. The van der Waals surface area contributed by atoms with Crippen molar-refractivity contribution in [2.45, 2.75) is 25.7 Å². The number of rotatable bonds is 4. The van der Waals surface area contributed by atoms with Crippen molar-refractivity contribution in [2.24, 2.45) is 7.05 Å². The Labute approximate surface area is 198 Å². The second-order valence-corrected chi connectivity index (χ2v) is 8.62. The molecule has 9 heteroatoms. The summed E-state index contributed by atoms with van der Waals surface area (Å²) in [5, 5.41) is 1.20. The first-order chi connectivity index (χ1) is 14.9. The highest BCUT2D eigenvalue weighted by molar-refractivity contribution is 9.10. The van der Waals surface area contributed by atoms with Gasteiger partial charge in [-0.05, 0) is 58.6 Å². The number of benzene rings is 2. The number of aryl methyl sites for hydroxylation is 2.